The highest BCUT2D eigenvalue weighted by molar-refractivity contribution is 7.80. The van der Waals surface area contributed by atoms with Gasteiger partial charge in [0.05, 0.1) is 12.9 Å². The lowest BCUT2D eigenvalue weighted by atomic mass is 10.1. The molecule has 4 atom stereocenters. The Hall–Kier alpha value is -1.46. The van der Waals surface area contributed by atoms with Crippen LogP contribution in [-0.2, 0) is 4.74 Å². The van der Waals surface area contributed by atoms with Gasteiger partial charge in [0.2, 0.25) is 5.88 Å². The van der Waals surface area contributed by atoms with Crippen LogP contribution in [0.3, 0.4) is 0 Å². The van der Waals surface area contributed by atoms with Crippen LogP contribution < -0.4 is 0 Å². The Morgan fingerprint density at radius 3 is 2.70 bits per heavy atom. The number of aliphatic hydroxyl groups is 3. The fourth-order valence-corrected chi connectivity index (χ4v) is 2.38. The maximum absolute atomic E-state index is 9.97. The van der Waals surface area contributed by atoms with Crippen molar-refractivity contribution in [3.8, 4) is 5.88 Å². The predicted molar refractivity (Wildman–Crippen MR) is 67.2 cm³/mol. The van der Waals surface area contributed by atoms with Crippen molar-refractivity contribution in [2.24, 2.45) is 0 Å². The van der Waals surface area contributed by atoms with E-state index in [9.17, 15) is 15.3 Å². The van der Waals surface area contributed by atoms with Crippen LogP contribution in [0.5, 0.6) is 5.88 Å². The monoisotopic (exact) mass is 300 g/mol. The molecule has 4 N–H and O–H groups in total. The van der Waals surface area contributed by atoms with Crippen LogP contribution in [0, 0.1) is 0 Å². The second kappa shape index (κ2) is 4.82. The zero-order valence-corrected chi connectivity index (χ0v) is 10.9. The van der Waals surface area contributed by atoms with Gasteiger partial charge in [0, 0.05) is 0 Å². The molecule has 2 aromatic heterocycles. The van der Waals surface area contributed by atoms with E-state index in [-0.39, 0.29) is 22.2 Å². The number of hydrogen-bond donors (Lipinski definition) is 5. The first-order valence-corrected chi connectivity index (χ1v) is 6.22. The Balaban J connectivity index is 2.07. The normalized spacial score (nSPS) is 30.2. The van der Waals surface area contributed by atoms with Gasteiger partial charge in [-0.25, -0.2) is 9.97 Å². The van der Waals surface area contributed by atoms with Crippen molar-refractivity contribution in [1.29, 1.82) is 0 Å². The summed E-state index contributed by atoms with van der Waals surface area (Å²) < 4.78 is 6.72. The Morgan fingerprint density at radius 1 is 1.30 bits per heavy atom. The van der Waals surface area contributed by atoms with Crippen molar-refractivity contribution >= 4 is 23.8 Å². The quantitative estimate of drug-likeness (QED) is 0.332. The van der Waals surface area contributed by atoms with E-state index in [4.69, 9.17) is 9.84 Å². The summed E-state index contributed by atoms with van der Waals surface area (Å²) in [4.78, 5) is 11.6. The molecule has 1 saturated heterocycles. The van der Waals surface area contributed by atoms with Gasteiger partial charge in [0.15, 0.2) is 22.5 Å². The van der Waals surface area contributed by atoms with E-state index in [0.29, 0.717) is 0 Å². The van der Waals surface area contributed by atoms with Gasteiger partial charge in [0.1, 0.15) is 18.3 Å². The molecule has 0 amide bonds. The second-order valence-electron chi connectivity index (χ2n) is 4.40. The van der Waals surface area contributed by atoms with Crippen LogP contribution in [0.4, 0.5) is 0 Å². The van der Waals surface area contributed by atoms with E-state index in [1.807, 2.05) is 0 Å². The molecular weight excluding hydrogens is 288 g/mol. The average molecular weight is 300 g/mol. The van der Waals surface area contributed by atoms with Crippen LogP contribution in [0.25, 0.3) is 11.2 Å². The van der Waals surface area contributed by atoms with E-state index < -0.39 is 31.1 Å². The number of fused-ring (bicyclic) bond motifs is 1. The Morgan fingerprint density at radius 2 is 2.05 bits per heavy atom. The smallest absolute Gasteiger partial charge is 0.243 e. The third-order valence-electron chi connectivity index (χ3n) is 3.18. The highest BCUT2D eigenvalue weighted by atomic mass is 32.1. The zero-order chi connectivity index (χ0) is 14.4. The summed E-state index contributed by atoms with van der Waals surface area (Å²) in [6.07, 6.45) is -3.07. The number of nitrogens with zero attached hydrogens (tertiary/aromatic N) is 4. The van der Waals surface area contributed by atoms with Crippen LogP contribution in [-0.4, -0.2) is 64.9 Å². The fraction of sp³-hybridized carbons (Fsp3) is 0.500. The Kier molecular flexibility index (Phi) is 3.26. The molecule has 0 aromatic carbocycles. The second-order valence-corrected chi connectivity index (χ2v) is 4.80. The number of ether oxygens (including phenoxy) is 1. The molecule has 1 aliphatic rings. The highest BCUT2D eigenvalue weighted by Crippen LogP contribution is 2.32. The molecule has 0 unspecified atom stereocenters. The summed E-state index contributed by atoms with van der Waals surface area (Å²) in [5, 5.41) is 38.5. The number of imidazole rings is 1. The largest absolute Gasteiger partial charge is 0.492 e. The molecule has 108 valence electrons. The minimum atomic E-state index is -1.26. The molecule has 0 spiro atoms. The molecule has 10 heteroatoms. The SMILES string of the molecule is OC[C@H]1O[C@@H](n2cnc3c(O)nc(S)nc32)[C@H](O)[C@@H]1O. The molecule has 0 radical (unpaired) electrons. The van der Waals surface area contributed by atoms with Crippen LogP contribution in [0.15, 0.2) is 11.5 Å². The van der Waals surface area contributed by atoms with Gasteiger partial charge in [-0.15, -0.1) is 12.6 Å². The number of aromatic nitrogens is 4. The number of aliphatic hydroxyl groups excluding tert-OH is 3. The topological polar surface area (TPSA) is 134 Å². The molecular formula is C10H12N4O5S. The minimum absolute atomic E-state index is 0.0310. The number of thiol groups is 1. The molecule has 1 fully saturated rings. The summed E-state index contributed by atoms with van der Waals surface area (Å²) in [6, 6.07) is 0. The molecule has 0 bridgehead atoms. The lowest BCUT2D eigenvalue weighted by Gasteiger charge is -2.16. The predicted octanol–water partition coefficient (Wildman–Crippen LogP) is -1.57. The van der Waals surface area contributed by atoms with E-state index in [1.165, 1.54) is 10.9 Å². The first-order chi connectivity index (χ1) is 9.52. The lowest BCUT2D eigenvalue weighted by Crippen LogP contribution is -2.33. The van der Waals surface area contributed by atoms with E-state index in [0.717, 1.165) is 0 Å². The van der Waals surface area contributed by atoms with E-state index >= 15 is 0 Å². The molecule has 3 rings (SSSR count). The molecule has 2 aromatic rings. The molecule has 0 aliphatic carbocycles. The zero-order valence-electron chi connectivity index (χ0n) is 10.0. The van der Waals surface area contributed by atoms with Crippen molar-refractivity contribution in [2.45, 2.75) is 29.7 Å². The van der Waals surface area contributed by atoms with E-state index in [2.05, 4.69) is 27.6 Å². The first kappa shape index (κ1) is 13.5. The van der Waals surface area contributed by atoms with Gasteiger partial charge in [-0.05, 0) is 0 Å². The molecule has 0 saturated carbocycles. The highest BCUT2D eigenvalue weighted by Gasteiger charge is 2.44. The van der Waals surface area contributed by atoms with Crippen molar-refractivity contribution in [3.05, 3.63) is 6.33 Å². The number of hydrogen-bond acceptors (Lipinski definition) is 9. The van der Waals surface area contributed by atoms with Gasteiger partial charge < -0.3 is 25.2 Å². The standard InChI is InChI=1S/C10H12N4O5S/c15-1-3-5(16)6(17)9(19-3)14-2-11-4-7(14)12-10(20)13-8(4)18/h2-3,5-6,9,15-17H,1H2,(H2,12,13,18,20)/t3-,5-,6-,9-/m1/s1. The van der Waals surface area contributed by atoms with Gasteiger partial charge >= 0.3 is 0 Å². The fourth-order valence-electron chi connectivity index (χ4n) is 2.19. The number of aromatic hydroxyl groups is 1. The molecule has 1 aliphatic heterocycles. The summed E-state index contributed by atoms with van der Waals surface area (Å²) in [5.74, 6) is -0.342. The van der Waals surface area contributed by atoms with Crippen LogP contribution in [0.2, 0.25) is 0 Å². The number of rotatable bonds is 2. The van der Waals surface area contributed by atoms with Gasteiger partial charge in [-0.1, -0.05) is 0 Å². The molecule has 3 heterocycles. The molecule has 9 nitrogen and oxygen atoms in total. The van der Waals surface area contributed by atoms with Crippen molar-refractivity contribution in [1.82, 2.24) is 19.5 Å². The summed E-state index contributed by atoms with van der Waals surface area (Å²) in [6.45, 7) is -0.431. The summed E-state index contributed by atoms with van der Waals surface area (Å²) in [7, 11) is 0. The average Bonchev–Trinajstić information content (AvgIpc) is 2.93. The van der Waals surface area contributed by atoms with Gasteiger partial charge in [-0.3, -0.25) is 4.57 Å². The maximum Gasteiger partial charge on any atom is 0.243 e. The van der Waals surface area contributed by atoms with Crippen LogP contribution in [0.1, 0.15) is 6.23 Å². The molecule has 20 heavy (non-hydrogen) atoms. The van der Waals surface area contributed by atoms with Crippen molar-refractivity contribution < 1.29 is 25.2 Å². The van der Waals surface area contributed by atoms with Gasteiger partial charge in [0.25, 0.3) is 0 Å². The minimum Gasteiger partial charge on any atom is -0.492 e. The summed E-state index contributed by atoms with van der Waals surface area (Å²) in [5.41, 5.74) is 0.331. The first-order valence-electron chi connectivity index (χ1n) is 5.78. The Labute approximate surface area is 117 Å². The summed E-state index contributed by atoms with van der Waals surface area (Å²) >= 11 is 3.96. The van der Waals surface area contributed by atoms with E-state index in [1.54, 1.807) is 0 Å². The van der Waals surface area contributed by atoms with Gasteiger partial charge in [-0.2, -0.15) is 4.98 Å². The lowest BCUT2D eigenvalue weighted by molar-refractivity contribution is -0.0511. The maximum atomic E-state index is 9.97. The Bertz CT molecular complexity index is 650. The van der Waals surface area contributed by atoms with Crippen molar-refractivity contribution in [2.75, 3.05) is 6.61 Å². The van der Waals surface area contributed by atoms with Crippen LogP contribution >= 0.6 is 12.6 Å². The van der Waals surface area contributed by atoms with Crippen molar-refractivity contribution in [3.63, 3.8) is 0 Å². The third-order valence-corrected chi connectivity index (χ3v) is 3.38. The third kappa shape index (κ3) is 1.93.